The first-order valence-electron chi connectivity index (χ1n) is 8.92. The third kappa shape index (κ3) is 4.78. The predicted octanol–water partition coefficient (Wildman–Crippen LogP) is 1.89. The van der Waals surface area contributed by atoms with Crippen LogP contribution in [0, 0.1) is 11.7 Å². The molecule has 1 saturated heterocycles. The van der Waals surface area contributed by atoms with E-state index in [4.69, 9.17) is 4.74 Å². The van der Waals surface area contributed by atoms with Gasteiger partial charge >= 0.3 is 0 Å². The Morgan fingerprint density at radius 2 is 1.92 bits per heavy atom. The van der Waals surface area contributed by atoms with Crippen LogP contribution in [0.1, 0.15) is 24.8 Å². The van der Waals surface area contributed by atoms with Gasteiger partial charge in [-0.05, 0) is 37.0 Å². The van der Waals surface area contributed by atoms with Crippen LogP contribution in [0.3, 0.4) is 0 Å². The highest BCUT2D eigenvalue weighted by molar-refractivity contribution is 5.85. The summed E-state index contributed by atoms with van der Waals surface area (Å²) in [7, 11) is 1.43. The van der Waals surface area contributed by atoms with Crippen molar-refractivity contribution in [2.24, 2.45) is 5.92 Å². The first-order chi connectivity index (χ1) is 12.1. The molecule has 6 heteroatoms. The number of methoxy groups -OCH3 is 1. The number of carbonyl (C=O) groups excluding carboxylic acids is 2. The summed E-state index contributed by atoms with van der Waals surface area (Å²) >= 11 is 0. The molecule has 1 heterocycles. The fourth-order valence-electron chi connectivity index (χ4n) is 3.18. The first kappa shape index (κ1) is 17.9. The van der Waals surface area contributed by atoms with Crippen LogP contribution in [0.15, 0.2) is 18.2 Å². The van der Waals surface area contributed by atoms with Gasteiger partial charge < -0.3 is 9.64 Å². The van der Waals surface area contributed by atoms with Crippen molar-refractivity contribution in [1.82, 2.24) is 9.80 Å². The van der Waals surface area contributed by atoms with Gasteiger partial charge in [-0.1, -0.05) is 6.07 Å². The van der Waals surface area contributed by atoms with E-state index in [-0.39, 0.29) is 11.7 Å². The Hall–Kier alpha value is -1.95. The van der Waals surface area contributed by atoms with Gasteiger partial charge in [-0.3, -0.25) is 14.5 Å². The van der Waals surface area contributed by atoms with E-state index in [1.54, 1.807) is 12.1 Å². The summed E-state index contributed by atoms with van der Waals surface area (Å²) in [6.07, 6.45) is 2.97. The lowest BCUT2D eigenvalue weighted by Crippen LogP contribution is -2.50. The summed E-state index contributed by atoms with van der Waals surface area (Å²) in [6, 6.07) is 4.80. The number of aryl methyl sites for hydroxylation is 1. The Bertz CT molecular complexity index is 638. The van der Waals surface area contributed by atoms with Gasteiger partial charge in [0, 0.05) is 38.5 Å². The fraction of sp³-hybridized carbons (Fsp3) is 0.579. The molecular weight excluding hydrogens is 323 g/mol. The number of carbonyl (C=O) groups is 2. The normalized spacial score (nSPS) is 18.2. The molecule has 0 unspecified atom stereocenters. The Kier molecular flexibility index (Phi) is 5.68. The number of rotatable bonds is 7. The summed E-state index contributed by atoms with van der Waals surface area (Å²) < 4.78 is 18.6. The summed E-state index contributed by atoms with van der Waals surface area (Å²) in [5.41, 5.74) is 0.792. The molecule has 1 amide bonds. The maximum absolute atomic E-state index is 13.7. The molecule has 1 aromatic carbocycles. The molecule has 1 aliphatic heterocycles. The van der Waals surface area contributed by atoms with Gasteiger partial charge in [-0.2, -0.15) is 0 Å². The molecule has 0 atom stereocenters. The lowest BCUT2D eigenvalue weighted by Gasteiger charge is -2.34. The van der Waals surface area contributed by atoms with Crippen LogP contribution in [0.25, 0.3) is 0 Å². The van der Waals surface area contributed by atoms with Gasteiger partial charge in [0.25, 0.3) is 0 Å². The van der Waals surface area contributed by atoms with Crippen molar-refractivity contribution in [1.29, 1.82) is 0 Å². The number of amides is 1. The zero-order valence-electron chi connectivity index (χ0n) is 14.7. The van der Waals surface area contributed by atoms with Crippen LogP contribution >= 0.6 is 0 Å². The highest BCUT2D eigenvalue weighted by Crippen LogP contribution is 2.30. The van der Waals surface area contributed by atoms with E-state index in [2.05, 4.69) is 4.90 Å². The molecular formula is C19H25FN2O3. The average molecular weight is 348 g/mol. The minimum Gasteiger partial charge on any atom is -0.494 e. The van der Waals surface area contributed by atoms with Gasteiger partial charge in [0.15, 0.2) is 11.6 Å². The minimum absolute atomic E-state index is 0.0874. The number of benzene rings is 1. The maximum atomic E-state index is 13.7. The molecule has 1 aromatic rings. The predicted molar refractivity (Wildman–Crippen MR) is 92.0 cm³/mol. The van der Waals surface area contributed by atoms with E-state index in [9.17, 15) is 14.0 Å². The highest BCUT2D eigenvalue weighted by Gasteiger charge is 2.31. The summed E-state index contributed by atoms with van der Waals surface area (Å²) in [6.45, 7) is 3.35. The average Bonchev–Trinajstić information content (AvgIpc) is 3.45. The molecule has 0 bridgehead atoms. The van der Waals surface area contributed by atoms with Gasteiger partial charge in [-0.15, -0.1) is 0 Å². The van der Waals surface area contributed by atoms with Crippen molar-refractivity contribution in [3.05, 3.63) is 29.6 Å². The van der Waals surface area contributed by atoms with Gasteiger partial charge in [0.1, 0.15) is 5.78 Å². The lowest BCUT2D eigenvalue weighted by molar-refractivity contribution is -0.133. The Morgan fingerprint density at radius 3 is 2.52 bits per heavy atom. The Labute approximate surface area is 147 Å². The lowest BCUT2D eigenvalue weighted by atomic mass is 10.1. The molecule has 2 aliphatic rings. The van der Waals surface area contributed by atoms with E-state index < -0.39 is 5.82 Å². The zero-order valence-corrected chi connectivity index (χ0v) is 14.7. The van der Waals surface area contributed by atoms with E-state index in [1.165, 1.54) is 13.2 Å². The zero-order chi connectivity index (χ0) is 17.8. The number of ether oxygens (including phenoxy) is 1. The molecule has 5 nitrogen and oxygen atoms in total. The smallest absolute Gasteiger partial charge is 0.222 e. The van der Waals surface area contributed by atoms with E-state index in [1.807, 2.05) is 4.90 Å². The molecule has 136 valence electrons. The van der Waals surface area contributed by atoms with Crippen molar-refractivity contribution in [3.8, 4) is 5.75 Å². The molecule has 25 heavy (non-hydrogen) atoms. The molecule has 0 radical (unpaired) electrons. The van der Waals surface area contributed by atoms with Crippen LogP contribution in [0.2, 0.25) is 0 Å². The standard InChI is InChI=1S/C19H25FN2O3/c1-25-18-6-2-14(12-16(18)20)3-7-19(24)22-10-8-21(9-11-22)13-17(23)15-4-5-15/h2,6,12,15H,3-5,7-11,13H2,1H3. The number of halogens is 1. The van der Waals surface area contributed by atoms with Crippen LogP contribution in [0.5, 0.6) is 5.75 Å². The molecule has 1 saturated carbocycles. The third-order valence-corrected chi connectivity index (χ3v) is 4.98. The molecule has 0 spiro atoms. The van der Waals surface area contributed by atoms with Gasteiger partial charge in [0.2, 0.25) is 5.91 Å². The van der Waals surface area contributed by atoms with Gasteiger partial charge in [-0.25, -0.2) is 4.39 Å². The molecule has 0 aromatic heterocycles. The number of piperazine rings is 1. The molecule has 2 fully saturated rings. The van der Waals surface area contributed by atoms with Crippen molar-refractivity contribution >= 4 is 11.7 Å². The summed E-state index contributed by atoms with van der Waals surface area (Å²) in [5.74, 6) is 0.545. The van der Waals surface area contributed by atoms with Crippen molar-refractivity contribution in [2.75, 3.05) is 39.8 Å². The highest BCUT2D eigenvalue weighted by atomic mass is 19.1. The summed E-state index contributed by atoms with van der Waals surface area (Å²) in [4.78, 5) is 28.2. The second-order valence-electron chi connectivity index (χ2n) is 6.87. The molecule has 1 aliphatic carbocycles. The quantitative estimate of drug-likeness (QED) is 0.755. The minimum atomic E-state index is -0.401. The molecule has 3 rings (SSSR count). The monoisotopic (exact) mass is 348 g/mol. The van der Waals surface area contributed by atoms with E-state index in [0.29, 0.717) is 44.2 Å². The number of hydrogen-bond acceptors (Lipinski definition) is 4. The second-order valence-corrected chi connectivity index (χ2v) is 6.87. The van der Waals surface area contributed by atoms with Crippen molar-refractivity contribution in [3.63, 3.8) is 0 Å². The second kappa shape index (κ2) is 7.95. The fourth-order valence-corrected chi connectivity index (χ4v) is 3.18. The van der Waals surface area contributed by atoms with Gasteiger partial charge in [0.05, 0.1) is 13.7 Å². The number of hydrogen-bond donors (Lipinski definition) is 0. The van der Waals surface area contributed by atoms with E-state index in [0.717, 1.165) is 31.5 Å². The number of ketones is 1. The molecule has 0 N–H and O–H groups in total. The number of Topliss-reactive ketones (excluding diaryl/α,β-unsaturated/α-hetero) is 1. The van der Waals surface area contributed by atoms with Crippen LogP contribution in [0.4, 0.5) is 4.39 Å². The first-order valence-corrected chi connectivity index (χ1v) is 8.92. The SMILES string of the molecule is COc1ccc(CCC(=O)N2CCN(CC(=O)C3CC3)CC2)cc1F. The van der Waals surface area contributed by atoms with Crippen LogP contribution < -0.4 is 4.74 Å². The topological polar surface area (TPSA) is 49.9 Å². The van der Waals surface area contributed by atoms with Crippen LogP contribution in [-0.4, -0.2) is 61.3 Å². The van der Waals surface area contributed by atoms with Crippen LogP contribution in [-0.2, 0) is 16.0 Å². The number of nitrogens with zero attached hydrogens (tertiary/aromatic N) is 2. The third-order valence-electron chi connectivity index (χ3n) is 4.98. The Morgan fingerprint density at radius 1 is 1.20 bits per heavy atom. The van der Waals surface area contributed by atoms with E-state index >= 15 is 0 Å². The maximum Gasteiger partial charge on any atom is 0.222 e. The van der Waals surface area contributed by atoms with Crippen molar-refractivity contribution < 1.29 is 18.7 Å². The largest absolute Gasteiger partial charge is 0.494 e. The Balaban J connectivity index is 1.41. The van der Waals surface area contributed by atoms with Crippen molar-refractivity contribution in [2.45, 2.75) is 25.7 Å². The summed E-state index contributed by atoms with van der Waals surface area (Å²) in [5, 5.41) is 0.